The molecule has 0 bridgehead atoms. The first-order chi connectivity index (χ1) is 8.56. The fourth-order valence-electron chi connectivity index (χ4n) is 1.41. The molecule has 0 aliphatic heterocycles. The van der Waals surface area contributed by atoms with E-state index in [1.807, 2.05) is 6.92 Å². The number of carbonyl (C=O) groups excluding carboxylic acids is 1. The van der Waals surface area contributed by atoms with Crippen LogP contribution in [0.3, 0.4) is 0 Å². The van der Waals surface area contributed by atoms with Gasteiger partial charge in [-0.1, -0.05) is 27.5 Å². The van der Waals surface area contributed by atoms with Crippen molar-refractivity contribution < 1.29 is 4.79 Å². The second kappa shape index (κ2) is 5.82. The Balaban J connectivity index is 2.05. The Morgan fingerprint density at radius 1 is 1.56 bits per heavy atom. The fraction of sp³-hybridized carbons (Fsp3) is 0.167. The lowest BCUT2D eigenvalue weighted by Gasteiger charge is -2.05. The highest BCUT2D eigenvalue weighted by molar-refractivity contribution is 9.10. The van der Waals surface area contributed by atoms with Gasteiger partial charge in [0.05, 0.1) is 17.1 Å². The molecule has 18 heavy (non-hydrogen) atoms. The van der Waals surface area contributed by atoms with Crippen molar-refractivity contribution in [1.82, 2.24) is 10.3 Å². The van der Waals surface area contributed by atoms with E-state index in [0.717, 1.165) is 14.4 Å². The predicted molar refractivity (Wildman–Crippen MR) is 77.2 cm³/mol. The molecular formula is C12H10BrClN2OS. The van der Waals surface area contributed by atoms with Crippen molar-refractivity contribution in [1.29, 1.82) is 0 Å². The maximum absolute atomic E-state index is 12.0. The normalized spacial score (nSPS) is 10.4. The van der Waals surface area contributed by atoms with Gasteiger partial charge in [-0.05, 0) is 25.1 Å². The second-order valence-electron chi connectivity index (χ2n) is 3.67. The van der Waals surface area contributed by atoms with Gasteiger partial charge in [0.1, 0.15) is 5.01 Å². The summed E-state index contributed by atoms with van der Waals surface area (Å²) < 4.78 is 0.821. The second-order valence-corrected chi connectivity index (χ2v) is 6.31. The van der Waals surface area contributed by atoms with Crippen LogP contribution in [0.5, 0.6) is 0 Å². The Kier molecular flexibility index (Phi) is 4.37. The minimum absolute atomic E-state index is 0.200. The minimum Gasteiger partial charge on any atom is -0.345 e. The Hall–Kier alpha value is -0.910. The van der Waals surface area contributed by atoms with E-state index in [0.29, 0.717) is 17.1 Å². The molecule has 1 amide bonds. The van der Waals surface area contributed by atoms with Gasteiger partial charge in [-0.25, -0.2) is 4.98 Å². The quantitative estimate of drug-likeness (QED) is 0.919. The average Bonchev–Trinajstić information content (AvgIpc) is 2.75. The van der Waals surface area contributed by atoms with Crippen molar-refractivity contribution in [3.63, 3.8) is 0 Å². The molecule has 1 aromatic carbocycles. The first kappa shape index (κ1) is 13.5. The number of carbonyl (C=O) groups is 1. The maximum Gasteiger partial charge on any atom is 0.253 e. The fourth-order valence-corrected chi connectivity index (χ4v) is 2.70. The monoisotopic (exact) mass is 344 g/mol. The van der Waals surface area contributed by atoms with Crippen molar-refractivity contribution in [2.24, 2.45) is 0 Å². The third-order valence-electron chi connectivity index (χ3n) is 2.24. The van der Waals surface area contributed by atoms with Gasteiger partial charge in [0.15, 0.2) is 0 Å². The summed E-state index contributed by atoms with van der Waals surface area (Å²) in [5.74, 6) is -0.200. The molecule has 0 aliphatic carbocycles. The van der Waals surface area contributed by atoms with Crippen molar-refractivity contribution in [2.75, 3.05) is 0 Å². The van der Waals surface area contributed by atoms with Crippen LogP contribution in [-0.2, 0) is 6.54 Å². The Morgan fingerprint density at radius 3 is 3.00 bits per heavy atom. The molecule has 3 nitrogen and oxygen atoms in total. The van der Waals surface area contributed by atoms with Gasteiger partial charge in [0, 0.05) is 15.5 Å². The Bertz CT molecular complexity index is 585. The predicted octanol–water partition coefficient (Wildman–Crippen LogP) is 3.80. The Morgan fingerprint density at radius 2 is 2.33 bits per heavy atom. The number of rotatable bonds is 3. The molecule has 0 fully saturated rings. The van der Waals surface area contributed by atoms with Gasteiger partial charge in [-0.15, -0.1) is 11.3 Å². The number of hydrogen-bond acceptors (Lipinski definition) is 3. The molecule has 2 rings (SSSR count). The summed E-state index contributed by atoms with van der Waals surface area (Å²) in [5, 5.41) is 4.12. The molecule has 0 saturated heterocycles. The van der Waals surface area contributed by atoms with Gasteiger partial charge in [0.2, 0.25) is 0 Å². The summed E-state index contributed by atoms with van der Waals surface area (Å²) in [4.78, 5) is 17.3. The molecule has 1 aromatic heterocycles. The van der Waals surface area contributed by atoms with Crippen LogP contribution < -0.4 is 5.32 Å². The van der Waals surface area contributed by atoms with Gasteiger partial charge in [0.25, 0.3) is 5.91 Å². The van der Waals surface area contributed by atoms with E-state index in [1.165, 1.54) is 0 Å². The summed E-state index contributed by atoms with van der Waals surface area (Å²) >= 11 is 10.9. The van der Waals surface area contributed by atoms with E-state index in [-0.39, 0.29) is 5.91 Å². The molecule has 0 spiro atoms. The smallest absolute Gasteiger partial charge is 0.253 e. The number of aryl methyl sites for hydroxylation is 1. The zero-order valence-corrected chi connectivity index (χ0v) is 12.7. The van der Waals surface area contributed by atoms with Crippen LogP contribution in [0, 0.1) is 6.92 Å². The number of aromatic nitrogens is 1. The number of thiazole rings is 1. The summed E-state index contributed by atoms with van der Waals surface area (Å²) in [7, 11) is 0. The molecule has 94 valence electrons. The lowest BCUT2D eigenvalue weighted by atomic mass is 10.2. The largest absolute Gasteiger partial charge is 0.345 e. The number of halogens is 2. The molecular weight excluding hydrogens is 336 g/mol. The number of benzene rings is 1. The number of hydrogen-bond donors (Lipinski definition) is 1. The molecule has 0 atom stereocenters. The molecule has 1 N–H and O–H groups in total. The first-order valence-electron chi connectivity index (χ1n) is 5.21. The molecule has 0 radical (unpaired) electrons. The van der Waals surface area contributed by atoms with Crippen LogP contribution in [0.1, 0.15) is 20.2 Å². The van der Waals surface area contributed by atoms with E-state index in [1.54, 1.807) is 35.7 Å². The van der Waals surface area contributed by atoms with Crippen LogP contribution >= 0.6 is 38.9 Å². The van der Waals surface area contributed by atoms with Crippen molar-refractivity contribution >= 4 is 44.8 Å². The van der Waals surface area contributed by atoms with E-state index in [9.17, 15) is 4.79 Å². The van der Waals surface area contributed by atoms with Crippen molar-refractivity contribution in [3.8, 4) is 0 Å². The molecule has 0 aliphatic rings. The summed E-state index contributed by atoms with van der Waals surface area (Å²) in [6, 6.07) is 5.18. The van der Waals surface area contributed by atoms with Gasteiger partial charge < -0.3 is 5.32 Å². The van der Waals surface area contributed by atoms with Gasteiger partial charge >= 0.3 is 0 Å². The number of amides is 1. The minimum atomic E-state index is -0.200. The van der Waals surface area contributed by atoms with Crippen LogP contribution in [0.25, 0.3) is 0 Å². The van der Waals surface area contributed by atoms with E-state index in [4.69, 9.17) is 11.6 Å². The molecule has 1 heterocycles. The molecule has 0 saturated carbocycles. The summed E-state index contributed by atoms with van der Waals surface area (Å²) in [6.45, 7) is 2.40. The van der Waals surface area contributed by atoms with Crippen LogP contribution in [-0.4, -0.2) is 10.9 Å². The zero-order valence-electron chi connectivity index (χ0n) is 9.54. The first-order valence-corrected chi connectivity index (χ1v) is 7.19. The highest BCUT2D eigenvalue weighted by atomic mass is 79.9. The summed E-state index contributed by atoms with van der Waals surface area (Å²) in [6.07, 6.45) is 1.79. The molecule has 0 unspecified atom stereocenters. The summed E-state index contributed by atoms with van der Waals surface area (Å²) in [5.41, 5.74) is 0.458. The van der Waals surface area contributed by atoms with E-state index in [2.05, 4.69) is 26.2 Å². The van der Waals surface area contributed by atoms with Crippen LogP contribution in [0.2, 0.25) is 5.02 Å². The van der Waals surface area contributed by atoms with Gasteiger partial charge in [-0.3, -0.25) is 4.79 Å². The SMILES string of the molecule is Cc1cnc(CNC(=O)c2cc(Br)ccc2Cl)s1. The molecule has 6 heteroatoms. The van der Waals surface area contributed by atoms with Gasteiger partial charge in [-0.2, -0.15) is 0 Å². The third kappa shape index (κ3) is 3.31. The van der Waals surface area contributed by atoms with E-state index >= 15 is 0 Å². The van der Waals surface area contributed by atoms with Crippen molar-refractivity contribution in [2.45, 2.75) is 13.5 Å². The maximum atomic E-state index is 12.0. The average molecular weight is 346 g/mol. The molecule has 2 aromatic rings. The van der Waals surface area contributed by atoms with E-state index < -0.39 is 0 Å². The highest BCUT2D eigenvalue weighted by Gasteiger charge is 2.11. The lowest BCUT2D eigenvalue weighted by Crippen LogP contribution is -2.23. The highest BCUT2D eigenvalue weighted by Crippen LogP contribution is 2.21. The zero-order chi connectivity index (χ0) is 13.1. The standard InChI is InChI=1S/C12H10BrClN2OS/c1-7-5-15-11(18-7)6-16-12(17)9-4-8(13)2-3-10(9)14/h2-5H,6H2,1H3,(H,16,17). The lowest BCUT2D eigenvalue weighted by molar-refractivity contribution is 0.0951. The van der Waals surface area contributed by atoms with Crippen LogP contribution in [0.15, 0.2) is 28.9 Å². The Labute approximate surface area is 122 Å². The van der Waals surface area contributed by atoms with Crippen LogP contribution in [0.4, 0.5) is 0 Å². The topological polar surface area (TPSA) is 42.0 Å². The number of nitrogens with one attached hydrogen (secondary N) is 1. The van der Waals surface area contributed by atoms with Crippen molar-refractivity contribution in [3.05, 3.63) is 49.3 Å². The number of nitrogens with zero attached hydrogens (tertiary/aromatic N) is 1. The third-order valence-corrected chi connectivity index (χ3v) is 3.98.